The van der Waals surface area contributed by atoms with Gasteiger partial charge in [0.25, 0.3) is 0 Å². The number of hydrogen-bond donors (Lipinski definition) is 2. The van der Waals surface area contributed by atoms with Crippen molar-refractivity contribution in [3.63, 3.8) is 0 Å². The number of hydrogen-bond acceptors (Lipinski definition) is 4. The monoisotopic (exact) mass is 225 g/mol. The summed E-state index contributed by atoms with van der Waals surface area (Å²) in [5.41, 5.74) is 9.90. The molecule has 8 nitrogen and oxygen atoms in total. The highest BCUT2D eigenvalue weighted by Crippen LogP contribution is 1.95. The van der Waals surface area contributed by atoms with Gasteiger partial charge < -0.3 is 16.4 Å². The van der Waals surface area contributed by atoms with E-state index in [9.17, 15) is 14.4 Å². The molecule has 1 aromatic rings. The Morgan fingerprint density at radius 1 is 1.19 bits per heavy atom. The van der Waals surface area contributed by atoms with Gasteiger partial charge in [0.15, 0.2) is 0 Å². The van der Waals surface area contributed by atoms with Crippen molar-refractivity contribution in [2.24, 2.45) is 11.5 Å². The van der Waals surface area contributed by atoms with Crippen LogP contribution >= 0.6 is 0 Å². The number of imidazole rings is 1. The molecule has 0 aromatic carbocycles. The molecule has 0 aliphatic heterocycles. The average molecular weight is 225 g/mol. The minimum absolute atomic E-state index is 0.375. The van der Waals surface area contributed by atoms with Crippen LogP contribution in [0.25, 0.3) is 0 Å². The number of nitrogens with two attached hydrogens (primary N) is 2. The summed E-state index contributed by atoms with van der Waals surface area (Å²) in [5.74, 6) is -1.45. The molecule has 1 aromatic heterocycles. The van der Waals surface area contributed by atoms with Crippen molar-refractivity contribution in [2.45, 2.75) is 0 Å². The first kappa shape index (κ1) is 11.7. The topological polar surface area (TPSA) is 124 Å². The van der Waals surface area contributed by atoms with Crippen LogP contribution in [0.15, 0.2) is 18.7 Å². The molecule has 0 spiro atoms. The lowest BCUT2D eigenvalue weighted by Gasteiger charge is -2.18. The number of rotatable bonds is 4. The first-order chi connectivity index (χ1) is 7.50. The van der Waals surface area contributed by atoms with Gasteiger partial charge in [-0.25, -0.2) is 9.78 Å². The van der Waals surface area contributed by atoms with Gasteiger partial charge in [0, 0.05) is 12.4 Å². The minimum Gasteiger partial charge on any atom is -0.368 e. The second-order valence-electron chi connectivity index (χ2n) is 3.04. The standard InChI is InChI=1S/C8H11N5O3/c9-6(14)3-13(4-7(10)15)8(16)12-2-1-11-5-12/h1-2,5H,3-4H2,(H2,9,14)(H2,10,15). The van der Waals surface area contributed by atoms with E-state index in [2.05, 4.69) is 4.98 Å². The van der Waals surface area contributed by atoms with Crippen LogP contribution in [0.1, 0.15) is 0 Å². The summed E-state index contributed by atoms with van der Waals surface area (Å²) in [6.45, 7) is -0.750. The summed E-state index contributed by atoms with van der Waals surface area (Å²) < 4.78 is 1.12. The summed E-state index contributed by atoms with van der Waals surface area (Å²) >= 11 is 0. The molecule has 86 valence electrons. The zero-order chi connectivity index (χ0) is 12.1. The summed E-state index contributed by atoms with van der Waals surface area (Å²) in [5, 5.41) is 0. The molecule has 3 amide bonds. The highest BCUT2D eigenvalue weighted by atomic mass is 16.2. The zero-order valence-corrected chi connectivity index (χ0v) is 8.37. The highest BCUT2D eigenvalue weighted by molar-refractivity contribution is 5.88. The highest BCUT2D eigenvalue weighted by Gasteiger charge is 2.18. The van der Waals surface area contributed by atoms with Crippen LogP contribution in [0, 0.1) is 0 Å². The van der Waals surface area contributed by atoms with Gasteiger partial charge in [-0.05, 0) is 0 Å². The third-order valence-corrected chi connectivity index (χ3v) is 1.69. The van der Waals surface area contributed by atoms with Gasteiger partial charge in [0.2, 0.25) is 11.8 Å². The zero-order valence-electron chi connectivity index (χ0n) is 8.37. The van der Waals surface area contributed by atoms with E-state index in [1.54, 1.807) is 0 Å². The first-order valence-electron chi connectivity index (χ1n) is 4.34. The van der Waals surface area contributed by atoms with Gasteiger partial charge in [-0.15, -0.1) is 0 Å². The predicted octanol–water partition coefficient (Wildman–Crippen LogP) is -1.88. The van der Waals surface area contributed by atoms with Gasteiger partial charge in [-0.3, -0.25) is 14.2 Å². The fraction of sp³-hybridized carbons (Fsp3) is 0.250. The molecule has 0 radical (unpaired) electrons. The fourth-order valence-corrected chi connectivity index (χ4v) is 1.10. The van der Waals surface area contributed by atoms with Crippen molar-refractivity contribution in [1.29, 1.82) is 0 Å². The lowest BCUT2D eigenvalue weighted by atomic mass is 10.4. The number of carbonyl (C=O) groups is 3. The van der Waals surface area contributed by atoms with Gasteiger partial charge >= 0.3 is 6.03 Å². The largest absolute Gasteiger partial charge is 0.368 e. The van der Waals surface area contributed by atoms with Gasteiger partial charge in [-0.1, -0.05) is 0 Å². The number of primary amides is 2. The van der Waals surface area contributed by atoms with Crippen LogP contribution in [-0.4, -0.2) is 45.4 Å². The number of aromatic nitrogens is 2. The Balaban J connectivity index is 2.79. The Labute approximate surface area is 90.8 Å². The Morgan fingerprint density at radius 3 is 2.12 bits per heavy atom. The van der Waals surface area contributed by atoms with E-state index in [4.69, 9.17) is 11.5 Å². The molecular weight excluding hydrogens is 214 g/mol. The maximum atomic E-state index is 11.7. The van der Waals surface area contributed by atoms with Crippen molar-refractivity contribution in [3.8, 4) is 0 Å². The van der Waals surface area contributed by atoms with Crippen LogP contribution in [0.2, 0.25) is 0 Å². The molecule has 0 bridgehead atoms. The Kier molecular flexibility index (Phi) is 3.59. The van der Waals surface area contributed by atoms with Crippen LogP contribution in [0.3, 0.4) is 0 Å². The van der Waals surface area contributed by atoms with Crippen LogP contribution in [-0.2, 0) is 9.59 Å². The number of nitrogens with zero attached hydrogens (tertiary/aromatic N) is 3. The number of amides is 3. The fourth-order valence-electron chi connectivity index (χ4n) is 1.10. The van der Waals surface area contributed by atoms with Crippen molar-refractivity contribution in [3.05, 3.63) is 18.7 Å². The van der Waals surface area contributed by atoms with Gasteiger partial charge in [0.05, 0.1) is 0 Å². The molecule has 0 aliphatic rings. The second kappa shape index (κ2) is 4.91. The van der Waals surface area contributed by atoms with Crippen LogP contribution < -0.4 is 11.5 Å². The molecule has 8 heteroatoms. The van der Waals surface area contributed by atoms with E-state index in [-0.39, 0.29) is 13.1 Å². The Hall–Kier alpha value is -2.38. The summed E-state index contributed by atoms with van der Waals surface area (Å²) in [6, 6.07) is -0.588. The van der Waals surface area contributed by atoms with E-state index >= 15 is 0 Å². The smallest absolute Gasteiger partial charge is 0.330 e. The molecule has 0 aliphatic carbocycles. The molecule has 0 saturated heterocycles. The van der Waals surface area contributed by atoms with Crippen molar-refractivity contribution >= 4 is 17.8 Å². The Bertz CT molecular complexity index is 384. The third kappa shape index (κ3) is 3.08. The van der Waals surface area contributed by atoms with Crippen molar-refractivity contribution in [2.75, 3.05) is 13.1 Å². The molecule has 0 saturated carbocycles. The predicted molar refractivity (Wildman–Crippen MR) is 53.0 cm³/mol. The van der Waals surface area contributed by atoms with Crippen LogP contribution in [0.4, 0.5) is 4.79 Å². The van der Waals surface area contributed by atoms with Crippen LogP contribution in [0.5, 0.6) is 0 Å². The van der Waals surface area contributed by atoms with E-state index < -0.39 is 17.8 Å². The maximum absolute atomic E-state index is 11.7. The first-order valence-corrected chi connectivity index (χ1v) is 4.34. The summed E-state index contributed by atoms with van der Waals surface area (Å²) in [4.78, 5) is 37.7. The molecule has 0 fully saturated rings. The van der Waals surface area contributed by atoms with E-state index in [1.807, 2.05) is 0 Å². The van der Waals surface area contributed by atoms with Gasteiger partial charge in [-0.2, -0.15) is 0 Å². The number of carbonyl (C=O) groups excluding carboxylic acids is 3. The van der Waals surface area contributed by atoms with Crippen molar-refractivity contribution in [1.82, 2.24) is 14.5 Å². The minimum atomic E-state index is -0.727. The molecule has 16 heavy (non-hydrogen) atoms. The second-order valence-corrected chi connectivity index (χ2v) is 3.04. The SMILES string of the molecule is NC(=O)CN(CC(N)=O)C(=O)n1ccnc1. The molecule has 0 unspecified atom stereocenters. The molecule has 0 atom stereocenters. The normalized spacial score (nSPS) is 9.75. The van der Waals surface area contributed by atoms with E-state index in [0.29, 0.717) is 0 Å². The molecule has 1 rings (SSSR count). The summed E-state index contributed by atoms with van der Waals surface area (Å²) in [7, 11) is 0. The van der Waals surface area contributed by atoms with Gasteiger partial charge in [0.1, 0.15) is 19.4 Å². The molecular formula is C8H11N5O3. The van der Waals surface area contributed by atoms with E-state index in [1.165, 1.54) is 18.7 Å². The maximum Gasteiger partial charge on any atom is 0.330 e. The third-order valence-electron chi connectivity index (χ3n) is 1.69. The summed E-state index contributed by atoms with van der Waals surface area (Å²) in [6.07, 6.45) is 4.03. The van der Waals surface area contributed by atoms with E-state index in [0.717, 1.165) is 9.47 Å². The quantitative estimate of drug-likeness (QED) is 0.622. The Morgan fingerprint density at radius 2 is 1.75 bits per heavy atom. The van der Waals surface area contributed by atoms with Crippen molar-refractivity contribution < 1.29 is 14.4 Å². The average Bonchev–Trinajstić information content (AvgIpc) is 2.66. The lowest BCUT2D eigenvalue weighted by molar-refractivity contribution is -0.120. The molecule has 1 heterocycles. The molecule has 4 N–H and O–H groups in total. The lowest BCUT2D eigenvalue weighted by Crippen LogP contribution is -2.44.